The number of nitrogens with zero attached hydrogens (tertiary/aromatic N) is 6. The van der Waals surface area contributed by atoms with Crippen molar-refractivity contribution in [2.45, 2.75) is 44.4 Å². The van der Waals surface area contributed by atoms with E-state index in [1.54, 1.807) is 18.5 Å². The van der Waals surface area contributed by atoms with Gasteiger partial charge in [0.2, 0.25) is 5.91 Å². The van der Waals surface area contributed by atoms with Crippen LogP contribution in [-0.2, 0) is 11.8 Å². The number of anilines is 1. The van der Waals surface area contributed by atoms with E-state index in [-0.39, 0.29) is 5.91 Å². The van der Waals surface area contributed by atoms with Crippen LogP contribution in [0.25, 0.3) is 22.2 Å². The summed E-state index contributed by atoms with van der Waals surface area (Å²) in [4.78, 5) is 31.3. The molecule has 4 aromatic rings. The Balaban J connectivity index is 1.29. The van der Waals surface area contributed by atoms with Gasteiger partial charge in [-0.05, 0) is 79.7 Å². The second-order valence-electron chi connectivity index (χ2n) is 10.7. The summed E-state index contributed by atoms with van der Waals surface area (Å²) in [5.41, 5.74) is 11.0. The van der Waals surface area contributed by atoms with Gasteiger partial charge in [0.25, 0.3) is 0 Å². The Hall–Kier alpha value is -4.27. The summed E-state index contributed by atoms with van der Waals surface area (Å²) in [7, 11) is 2.08. The summed E-state index contributed by atoms with van der Waals surface area (Å²) in [5, 5.41) is 0.895. The molecule has 2 fully saturated rings. The molecule has 6 rings (SSSR count). The number of aromatic nitrogens is 5. The lowest BCUT2D eigenvalue weighted by Gasteiger charge is -2.46. The fraction of sp³-hybridized carbons (Fsp3) is 0.367. The van der Waals surface area contributed by atoms with Gasteiger partial charge in [0.1, 0.15) is 23.5 Å². The van der Waals surface area contributed by atoms with Gasteiger partial charge in [-0.1, -0.05) is 18.7 Å². The van der Waals surface area contributed by atoms with Gasteiger partial charge < -0.3 is 19.9 Å². The number of likely N-dealkylation sites (tertiary alicyclic amines) is 1. The van der Waals surface area contributed by atoms with Crippen LogP contribution in [0.5, 0.6) is 11.8 Å². The van der Waals surface area contributed by atoms with Crippen LogP contribution >= 0.6 is 0 Å². The molecular formula is C30H33N7O2. The molecule has 4 heterocycles. The largest absolute Gasteiger partial charge is 0.424 e. The van der Waals surface area contributed by atoms with E-state index in [0.717, 1.165) is 73.8 Å². The summed E-state index contributed by atoms with van der Waals surface area (Å²) < 4.78 is 8.03. The number of hydrogen-bond donors (Lipinski definition) is 1. The first kappa shape index (κ1) is 25.0. The minimum absolute atomic E-state index is 0.0464. The van der Waals surface area contributed by atoms with Crippen molar-refractivity contribution >= 4 is 22.8 Å². The van der Waals surface area contributed by atoms with Crippen LogP contribution in [0.3, 0.4) is 0 Å². The van der Waals surface area contributed by atoms with E-state index in [1.807, 2.05) is 17.0 Å². The Morgan fingerprint density at radius 1 is 1.05 bits per heavy atom. The van der Waals surface area contributed by atoms with E-state index in [4.69, 9.17) is 10.5 Å². The Morgan fingerprint density at radius 3 is 2.41 bits per heavy atom. The summed E-state index contributed by atoms with van der Waals surface area (Å²) in [6.45, 7) is 5.29. The first-order chi connectivity index (χ1) is 19.0. The van der Waals surface area contributed by atoms with E-state index < -0.39 is 0 Å². The van der Waals surface area contributed by atoms with Gasteiger partial charge in [-0.25, -0.2) is 19.9 Å². The molecule has 1 saturated carbocycles. The molecule has 9 nitrogen and oxygen atoms in total. The number of ether oxygens (including phenoxy) is 1. The number of carbonyl (C=O) groups is 1. The van der Waals surface area contributed by atoms with E-state index in [1.165, 1.54) is 18.1 Å². The standard InChI is InChI=1S/C30H33N7O2/c1-3-23(38)37-17-13-30(14-18-37)11-9-21(10-12-30)26-24(25-27(31)34-19-35-28(25)36(26)2)20-5-7-22(8-6-20)39-29-32-15-4-16-33-29/h3-8,15-16,19,21H,1,9-14,17-18H2,2H3,(H2,31,34,35). The summed E-state index contributed by atoms with van der Waals surface area (Å²) in [6.07, 6.45) is 12.9. The molecule has 200 valence electrons. The first-order valence-corrected chi connectivity index (χ1v) is 13.5. The minimum Gasteiger partial charge on any atom is -0.424 e. The lowest BCUT2D eigenvalue weighted by atomic mass is 9.64. The number of piperidine rings is 1. The predicted octanol–water partition coefficient (Wildman–Crippen LogP) is 5.25. The van der Waals surface area contributed by atoms with Crippen molar-refractivity contribution in [2.24, 2.45) is 12.5 Å². The molecule has 2 aliphatic rings. The third-order valence-corrected chi connectivity index (χ3v) is 8.68. The number of carbonyl (C=O) groups excluding carboxylic acids is 1. The number of fused-ring (bicyclic) bond motifs is 1. The Morgan fingerprint density at radius 2 is 1.74 bits per heavy atom. The highest BCUT2D eigenvalue weighted by Crippen LogP contribution is 2.51. The van der Waals surface area contributed by atoms with Crippen LogP contribution in [0.4, 0.5) is 5.82 Å². The quantitative estimate of drug-likeness (QED) is 0.356. The highest BCUT2D eigenvalue weighted by Gasteiger charge is 2.40. The molecule has 0 radical (unpaired) electrons. The van der Waals surface area contributed by atoms with Gasteiger partial charge >= 0.3 is 6.01 Å². The lowest BCUT2D eigenvalue weighted by Crippen LogP contribution is -2.43. The van der Waals surface area contributed by atoms with Gasteiger partial charge in [-0.2, -0.15) is 0 Å². The molecule has 0 atom stereocenters. The fourth-order valence-electron chi connectivity index (χ4n) is 6.53. The van der Waals surface area contributed by atoms with Crippen LogP contribution < -0.4 is 10.5 Å². The van der Waals surface area contributed by atoms with Crippen LogP contribution in [-0.4, -0.2) is 48.4 Å². The van der Waals surface area contributed by atoms with Crippen LogP contribution in [0.2, 0.25) is 0 Å². The van der Waals surface area contributed by atoms with E-state index >= 15 is 0 Å². The number of amides is 1. The minimum atomic E-state index is 0.0464. The fourth-order valence-corrected chi connectivity index (χ4v) is 6.53. The van der Waals surface area contributed by atoms with E-state index in [9.17, 15) is 4.79 Å². The average Bonchev–Trinajstić information content (AvgIpc) is 3.28. The van der Waals surface area contributed by atoms with Crippen molar-refractivity contribution in [1.29, 1.82) is 0 Å². The van der Waals surface area contributed by atoms with E-state index in [2.05, 4.69) is 50.3 Å². The van der Waals surface area contributed by atoms with Crippen LogP contribution in [0, 0.1) is 5.41 Å². The molecule has 39 heavy (non-hydrogen) atoms. The second-order valence-corrected chi connectivity index (χ2v) is 10.7. The SMILES string of the molecule is C=CC(=O)N1CCC2(CCC(c3c(-c4ccc(Oc5ncccn5)cc4)c4c(N)ncnc4n3C)CC2)CC1. The molecular weight excluding hydrogens is 490 g/mol. The van der Waals surface area contributed by atoms with Crippen LogP contribution in [0.1, 0.15) is 50.1 Å². The van der Waals surface area contributed by atoms with Gasteiger partial charge in [0, 0.05) is 43.8 Å². The summed E-state index contributed by atoms with van der Waals surface area (Å²) in [6, 6.07) is 10.0. The van der Waals surface area contributed by atoms with Gasteiger partial charge in [-0.15, -0.1) is 0 Å². The van der Waals surface area contributed by atoms with Crippen molar-refractivity contribution in [3.8, 4) is 22.9 Å². The monoisotopic (exact) mass is 523 g/mol. The average molecular weight is 524 g/mol. The first-order valence-electron chi connectivity index (χ1n) is 13.5. The van der Waals surface area contributed by atoms with Gasteiger partial charge in [-0.3, -0.25) is 4.79 Å². The van der Waals surface area contributed by atoms with Gasteiger partial charge in [0.05, 0.1) is 5.39 Å². The molecule has 1 saturated heterocycles. The topological polar surface area (TPSA) is 112 Å². The third-order valence-electron chi connectivity index (χ3n) is 8.68. The summed E-state index contributed by atoms with van der Waals surface area (Å²) >= 11 is 0. The number of aryl methyl sites for hydroxylation is 1. The molecule has 1 aliphatic heterocycles. The normalized spacial score (nSPS) is 17.4. The molecule has 3 aromatic heterocycles. The molecule has 9 heteroatoms. The highest BCUT2D eigenvalue weighted by molar-refractivity contribution is 6.02. The maximum absolute atomic E-state index is 12.1. The van der Waals surface area contributed by atoms with Crippen molar-refractivity contribution in [1.82, 2.24) is 29.4 Å². The van der Waals surface area contributed by atoms with Gasteiger partial charge in [0.15, 0.2) is 0 Å². The molecule has 0 bridgehead atoms. The maximum Gasteiger partial charge on any atom is 0.321 e. The number of benzene rings is 1. The molecule has 1 aromatic carbocycles. The zero-order valence-electron chi connectivity index (χ0n) is 22.2. The Kier molecular flexibility index (Phi) is 6.50. The third kappa shape index (κ3) is 4.62. The molecule has 2 N–H and O–H groups in total. The van der Waals surface area contributed by atoms with Crippen LogP contribution in [0.15, 0.2) is 61.7 Å². The smallest absolute Gasteiger partial charge is 0.321 e. The Bertz CT molecular complexity index is 1500. The maximum atomic E-state index is 12.1. The van der Waals surface area contributed by atoms with Crippen molar-refractivity contribution < 1.29 is 9.53 Å². The summed E-state index contributed by atoms with van der Waals surface area (Å²) in [5.74, 6) is 1.58. The molecule has 1 aliphatic carbocycles. The molecule has 1 spiro atoms. The van der Waals surface area contributed by atoms with Crippen molar-refractivity contribution in [3.05, 3.63) is 67.4 Å². The number of rotatable bonds is 5. The molecule has 0 unspecified atom stereocenters. The van der Waals surface area contributed by atoms with Crippen molar-refractivity contribution in [3.63, 3.8) is 0 Å². The highest BCUT2D eigenvalue weighted by atomic mass is 16.5. The number of hydrogen-bond acceptors (Lipinski definition) is 7. The lowest BCUT2D eigenvalue weighted by molar-refractivity contribution is -0.128. The molecule has 1 amide bonds. The number of nitrogen functional groups attached to an aromatic ring is 1. The Labute approximate surface area is 227 Å². The zero-order valence-corrected chi connectivity index (χ0v) is 22.2. The number of nitrogens with two attached hydrogens (primary N) is 1. The second kappa shape index (κ2) is 10.1. The van der Waals surface area contributed by atoms with E-state index in [0.29, 0.717) is 28.9 Å². The van der Waals surface area contributed by atoms with Crippen molar-refractivity contribution in [2.75, 3.05) is 18.8 Å². The predicted molar refractivity (Wildman–Crippen MR) is 150 cm³/mol. The zero-order chi connectivity index (χ0) is 27.0.